The minimum atomic E-state index is -0.0671. The lowest BCUT2D eigenvalue weighted by atomic mass is 10.2. The number of nitrogens with zero attached hydrogens (tertiary/aromatic N) is 2. The van der Waals surface area contributed by atoms with E-state index in [0.29, 0.717) is 0 Å². The maximum atomic E-state index is 12.6. The predicted octanol–water partition coefficient (Wildman–Crippen LogP) is 4.55. The maximum Gasteiger partial charge on any atom is 0.266 e. The lowest BCUT2D eigenvalue weighted by molar-refractivity contribution is 0.102. The molecule has 0 fully saturated rings. The number of anilines is 1. The van der Waals surface area contributed by atoms with E-state index in [2.05, 4.69) is 18.3 Å². The van der Waals surface area contributed by atoms with Crippen molar-refractivity contribution in [2.24, 2.45) is 0 Å². The number of para-hydroxylation sites is 1. The fraction of sp³-hybridized carbons (Fsp3) is 0.222. The molecule has 1 aromatic carbocycles. The van der Waals surface area contributed by atoms with Crippen molar-refractivity contribution in [2.75, 3.05) is 5.32 Å². The Bertz CT molecular complexity index is 926. The minimum absolute atomic E-state index is 0.0671. The van der Waals surface area contributed by atoms with Gasteiger partial charge in [-0.15, -0.1) is 11.3 Å². The minimum Gasteiger partial charge on any atom is -0.305 e. The molecule has 3 aromatic rings. The van der Waals surface area contributed by atoms with Crippen LogP contribution in [-0.2, 0) is 11.5 Å². The molecule has 1 amide bonds. The van der Waals surface area contributed by atoms with Crippen LogP contribution in [0, 0.1) is 13.8 Å². The van der Waals surface area contributed by atoms with E-state index >= 15 is 0 Å². The van der Waals surface area contributed by atoms with E-state index in [4.69, 9.17) is 5.10 Å². The third-order valence-electron chi connectivity index (χ3n) is 4.08. The van der Waals surface area contributed by atoms with Gasteiger partial charge in [-0.25, -0.2) is 4.68 Å². The molecule has 2 aromatic heterocycles. The van der Waals surface area contributed by atoms with Gasteiger partial charge in [-0.05, 0) is 42.5 Å². The van der Waals surface area contributed by atoms with Crippen molar-refractivity contribution >= 4 is 34.8 Å². The van der Waals surface area contributed by atoms with Gasteiger partial charge in [-0.2, -0.15) is 16.9 Å². The number of hydrogen-bond donors (Lipinski definition) is 1. The Morgan fingerprint density at radius 2 is 2.08 bits per heavy atom. The summed E-state index contributed by atoms with van der Waals surface area (Å²) in [5, 5.41) is 9.86. The lowest BCUT2D eigenvalue weighted by Crippen LogP contribution is -2.15. The molecule has 0 unspecified atom stereocenters. The van der Waals surface area contributed by atoms with Gasteiger partial charge in [0.2, 0.25) is 0 Å². The zero-order valence-electron chi connectivity index (χ0n) is 13.5. The van der Waals surface area contributed by atoms with Gasteiger partial charge < -0.3 is 5.32 Å². The first-order valence-electron chi connectivity index (χ1n) is 7.74. The van der Waals surface area contributed by atoms with Crippen molar-refractivity contribution in [2.45, 2.75) is 25.4 Å². The van der Waals surface area contributed by atoms with Gasteiger partial charge in [0, 0.05) is 17.1 Å². The number of carbonyl (C=O) groups excluding carboxylic acids is 1. The highest BCUT2D eigenvalue weighted by Crippen LogP contribution is 2.36. The molecule has 1 N–H and O–H groups in total. The molecular formula is C18H17N3OS2. The molecule has 4 nitrogen and oxygen atoms in total. The van der Waals surface area contributed by atoms with E-state index in [-0.39, 0.29) is 5.91 Å². The van der Waals surface area contributed by atoms with E-state index in [9.17, 15) is 4.79 Å². The van der Waals surface area contributed by atoms with Crippen molar-refractivity contribution in [3.8, 4) is 5.69 Å². The molecular weight excluding hydrogens is 338 g/mol. The highest BCUT2D eigenvalue weighted by atomic mass is 32.2. The molecule has 0 bridgehead atoms. The number of amides is 1. The fourth-order valence-electron chi connectivity index (χ4n) is 2.84. The topological polar surface area (TPSA) is 46.9 Å². The van der Waals surface area contributed by atoms with Crippen molar-refractivity contribution in [1.82, 2.24) is 9.78 Å². The summed E-state index contributed by atoms with van der Waals surface area (Å²) in [5.74, 6) is 2.53. The molecule has 0 saturated heterocycles. The summed E-state index contributed by atoms with van der Waals surface area (Å²) in [4.78, 5) is 13.4. The largest absolute Gasteiger partial charge is 0.305 e. The standard InChI is InChI=1S/C18H17N3OS2/c1-11-7-16(24-8-11)18(22)19-17-13-9-23-10-14(13)20-21(17)15-6-4-3-5-12(15)2/h3-8H,9-10H2,1-2H3,(H,19,22). The van der Waals surface area contributed by atoms with Crippen LogP contribution in [0.4, 0.5) is 5.82 Å². The van der Waals surface area contributed by atoms with Crippen LogP contribution >= 0.6 is 23.1 Å². The predicted molar refractivity (Wildman–Crippen MR) is 100 cm³/mol. The Kier molecular flexibility index (Phi) is 3.94. The number of rotatable bonds is 3. The van der Waals surface area contributed by atoms with Gasteiger partial charge in [0.1, 0.15) is 5.82 Å². The third-order valence-corrected chi connectivity index (χ3v) is 6.10. The summed E-state index contributed by atoms with van der Waals surface area (Å²) in [6, 6.07) is 10.0. The van der Waals surface area contributed by atoms with Crippen molar-refractivity contribution in [3.05, 3.63) is 63.0 Å². The van der Waals surface area contributed by atoms with Gasteiger partial charge in [-0.3, -0.25) is 4.79 Å². The monoisotopic (exact) mass is 355 g/mol. The fourth-order valence-corrected chi connectivity index (χ4v) is 4.66. The maximum absolute atomic E-state index is 12.6. The highest BCUT2D eigenvalue weighted by Gasteiger charge is 2.25. The smallest absolute Gasteiger partial charge is 0.266 e. The van der Waals surface area contributed by atoms with Crippen LogP contribution in [0.5, 0.6) is 0 Å². The third kappa shape index (κ3) is 2.65. The van der Waals surface area contributed by atoms with E-state index in [1.165, 1.54) is 11.3 Å². The molecule has 0 spiro atoms. The summed E-state index contributed by atoms with van der Waals surface area (Å²) in [6.45, 7) is 4.06. The number of carbonyl (C=O) groups is 1. The number of benzene rings is 1. The molecule has 122 valence electrons. The van der Waals surface area contributed by atoms with Crippen LogP contribution in [0.3, 0.4) is 0 Å². The molecule has 1 aliphatic rings. The zero-order chi connectivity index (χ0) is 16.7. The second-order valence-electron chi connectivity index (χ2n) is 5.91. The first-order chi connectivity index (χ1) is 11.6. The van der Waals surface area contributed by atoms with Gasteiger partial charge in [0.15, 0.2) is 0 Å². The summed E-state index contributed by atoms with van der Waals surface area (Å²) in [5.41, 5.74) is 5.47. The van der Waals surface area contributed by atoms with E-state index < -0.39 is 0 Å². The molecule has 1 aliphatic heterocycles. The van der Waals surface area contributed by atoms with Crippen LogP contribution in [0.15, 0.2) is 35.7 Å². The Morgan fingerprint density at radius 1 is 1.25 bits per heavy atom. The molecule has 0 saturated carbocycles. The van der Waals surface area contributed by atoms with Crippen LogP contribution in [0.1, 0.15) is 32.1 Å². The van der Waals surface area contributed by atoms with E-state index in [1.807, 2.05) is 53.0 Å². The summed E-state index contributed by atoms with van der Waals surface area (Å²) in [6.07, 6.45) is 0. The number of hydrogen-bond acceptors (Lipinski definition) is 4. The van der Waals surface area contributed by atoms with Gasteiger partial charge in [0.25, 0.3) is 5.91 Å². The number of aromatic nitrogens is 2. The van der Waals surface area contributed by atoms with Crippen LogP contribution in [0.25, 0.3) is 5.69 Å². The molecule has 3 heterocycles. The summed E-state index contributed by atoms with van der Waals surface area (Å²) >= 11 is 3.30. The van der Waals surface area contributed by atoms with Crippen molar-refractivity contribution in [3.63, 3.8) is 0 Å². The number of nitrogens with one attached hydrogen (secondary N) is 1. The van der Waals surface area contributed by atoms with E-state index in [1.54, 1.807) is 0 Å². The Hall–Kier alpha value is -2.05. The first kappa shape index (κ1) is 15.5. The number of thiophene rings is 1. The quantitative estimate of drug-likeness (QED) is 0.750. The van der Waals surface area contributed by atoms with Crippen LogP contribution < -0.4 is 5.32 Å². The molecule has 0 atom stereocenters. The Morgan fingerprint density at radius 3 is 2.83 bits per heavy atom. The van der Waals surface area contributed by atoms with Crippen molar-refractivity contribution in [1.29, 1.82) is 0 Å². The number of aryl methyl sites for hydroxylation is 2. The summed E-state index contributed by atoms with van der Waals surface area (Å²) < 4.78 is 1.89. The van der Waals surface area contributed by atoms with Gasteiger partial charge >= 0.3 is 0 Å². The van der Waals surface area contributed by atoms with Gasteiger partial charge in [0.05, 0.1) is 16.3 Å². The molecule has 24 heavy (non-hydrogen) atoms. The molecule has 6 heteroatoms. The number of fused-ring (bicyclic) bond motifs is 1. The average Bonchev–Trinajstić information content (AvgIpc) is 3.25. The summed E-state index contributed by atoms with van der Waals surface area (Å²) in [7, 11) is 0. The second kappa shape index (κ2) is 6.11. The zero-order valence-corrected chi connectivity index (χ0v) is 15.1. The van der Waals surface area contributed by atoms with Crippen molar-refractivity contribution < 1.29 is 4.79 Å². The van der Waals surface area contributed by atoms with Gasteiger partial charge in [-0.1, -0.05) is 18.2 Å². The van der Waals surface area contributed by atoms with E-state index in [0.717, 1.165) is 50.3 Å². The first-order valence-corrected chi connectivity index (χ1v) is 9.78. The average molecular weight is 355 g/mol. The molecule has 4 rings (SSSR count). The van der Waals surface area contributed by atoms with Crippen LogP contribution in [-0.4, -0.2) is 15.7 Å². The second-order valence-corrected chi connectivity index (χ2v) is 7.80. The highest BCUT2D eigenvalue weighted by molar-refractivity contribution is 7.98. The Balaban J connectivity index is 1.77. The van der Waals surface area contributed by atoms with Crippen LogP contribution in [0.2, 0.25) is 0 Å². The SMILES string of the molecule is Cc1csc(C(=O)Nc2c3c(nn2-c2ccccc2C)CSC3)c1. The molecule has 0 aliphatic carbocycles. The molecule has 0 radical (unpaired) electrons. The lowest BCUT2D eigenvalue weighted by Gasteiger charge is -2.12. The Labute approximate surface area is 148 Å². The normalized spacial score (nSPS) is 13.1. The number of thioether (sulfide) groups is 1.